The highest BCUT2D eigenvalue weighted by Gasteiger charge is 2.21. The van der Waals surface area contributed by atoms with Gasteiger partial charge in [0.05, 0.1) is 12.2 Å². The standard InChI is InChI=1S/C14H18N2O2/c17-14(16-9-11-4-2-7-15-11)12-5-1-3-10-6-8-18-13(10)12/h1,3,5,11,15H,2,4,6-9H2,(H,16,17). The second-order valence-electron chi connectivity index (χ2n) is 4.90. The van der Waals surface area contributed by atoms with Crippen molar-refractivity contribution in [3.8, 4) is 5.75 Å². The molecule has 0 radical (unpaired) electrons. The number of hydrogen-bond acceptors (Lipinski definition) is 3. The first-order valence-electron chi connectivity index (χ1n) is 6.61. The van der Waals surface area contributed by atoms with Crippen LogP contribution in [-0.2, 0) is 6.42 Å². The van der Waals surface area contributed by atoms with E-state index in [0.29, 0.717) is 24.8 Å². The normalized spacial score (nSPS) is 21.4. The molecule has 18 heavy (non-hydrogen) atoms. The van der Waals surface area contributed by atoms with Crippen LogP contribution in [0.1, 0.15) is 28.8 Å². The van der Waals surface area contributed by atoms with Gasteiger partial charge in [0.15, 0.2) is 0 Å². The summed E-state index contributed by atoms with van der Waals surface area (Å²) < 4.78 is 5.55. The molecule has 2 N–H and O–H groups in total. The summed E-state index contributed by atoms with van der Waals surface area (Å²) in [7, 11) is 0. The van der Waals surface area contributed by atoms with E-state index in [1.807, 2.05) is 18.2 Å². The third-order valence-electron chi connectivity index (χ3n) is 3.63. The molecule has 1 unspecified atom stereocenters. The summed E-state index contributed by atoms with van der Waals surface area (Å²) in [5.41, 5.74) is 1.81. The lowest BCUT2D eigenvalue weighted by atomic mass is 10.1. The number of benzene rings is 1. The van der Waals surface area contributed by atoms with E-state index in [0.717, 1.165) is 30.7 Å². The highest BCUT2D eigenvalue weighted by Crippen LogP contribution is 2.29. The van der Waals surface area contributed by atoms with Crippen LogP contribution in [0.15, 0.2) is 18.2 Å². The van der Waals surface area contributed by atoms with Gasteiger partial charge in [-0.2, -0.15) is 0 Å². The van der Waals surface area contributed by atoms with E-state index in [1.54, 1.807) is 0 Å². The average Bonchev–Trinajstić information content (AvgIpc) is 3.05. The molecule has 1 saturated heterocycles. The van der Waals surface area contributed by atoms with Crippen LogP contribution in [0.4, 0.5) is 0 Å². The fourth-order valence-corrected chi connectivity index (χ4v) is 2.64. The molecule has 2 heterocycles. The van der Waals surface area contributed by atoms with Crippen molar-refractivity contribution in [2.45, 2.75) is 25.3 Å². The lowest BCUT2D eigenvalue weighted by molar-refractivity contribution is 0.0947. The second kappa shape index (κ2) is 4.98. The third kappa shape index (κ3) is 2.20. The van der Waals surface area contributed by atoms with E-state index in [1.165, 1.54) is 6.42 Å². The Balaban J connectivity index is 1.67. The van der Waals surface area contributed by atoms with Crippen LogP contribution >= 0.6 is 0 Å². The molecule has 1 fully saturated rings. The Labute approximate surface area is 107 Å². The van der Waals surface area contributed by atoms with Gasteiger partial charge in [0.1, 0.15) is 5.75 Å². The maximum Gasteiger partial charge on any atom is 0.255 e. The van der Waals surface area contributed by atoms with Crippen LogP contribution in [0.25, 0.3) is 0 Å². The minimum Gasteiger partial charge on any atom is -0.492 e. The fraction of sp³-hybridized carbons (Fsp3) is 0.500. The Bertz CT molecular complexity index is 453. The van der Waals surface area contributed by atoms with Crippen LogP contribution in [-0.4, -0.2) is 31.6 Å². The SMILES string of the molecule is O=C(NCC1CCCN1)c1cccc2c1OCC2. The Morgan fingerprint density at radius 3 is 3.28 bits per heavy atom. The van der Waals surface area contributed by atoms with Gasteiger partial charge in [0, 0.05) is 19.0 Å². The van der Waals surface area contributed by atoms with E-state index in [4.69, 9.17) is 4.74 Å². The fourth-order valence-electron chi connectivity index (χ4n) is 2.64. The first-order chi connectivity index (χ1) is 8.84. The van der Waals surface area contributed by atoms with Gasteiger partial charge in [-0.3, -0.25) is 4.79 Å². The zero-order valence-corrected chi connectivity index (χ0v) is 10.4. The number of para-hydroxylation sites is 1. The Morgan fingerprint density at radius 1 is 1.50 bits per heavy atom. The average molecular weight is 246 g/mol. The van der Waals surface area contributed by atoms with Crippen molar-refractivity contribution in [3.63, 3.8) is 0 Å². The number of fused-ring (bicyclic) bond motifs is 1. The van der Waals surface area contributed by atoms with Gasteiger partial charge in [-0.25, -0.2) is 0 Å². The molecule has 2 aliphatic heterocycles. The monoisotopic (exact) mass is 246 g/mol. The number of hydrogen-bond donors (Lipinski definition) is 2. The predicted molar refractivity (Wildman–Crippen MR) is 69.0 cm³/mol. The topological polar surface area (TPSA) is 50.4 Å². The maximum absolute atomic E-state index is 12.1. The Kier molecular flexibility index (Phi) is 3.19. The van der Waals surface area contributed by atoms with Crippen molar-refractivity contribution in [2.75, 3.05) is 19.7 Å². The molecule has 96 valence electrons. The molecular formula is C14H18N2O2. The van der Waals surface area contributed by atoms with Crippen molar-refractivity contribution < 1.29 is 9.53 Å². The van der Waals surface area contributed by atoms with Crippen molar-refractivity contribution in [1.29, 1.82) is 0 Å². The van der Waals surface area contributed by atoms with Crippen LogP contribution in [0.5, 0.6) is 5.75 Å². The van der Waals surface area contributed by atoms with Gasteiger partial charge in [0.25, 0.3) is 5.91 Å². The summed E-state index contributed by atoms with van der Waals surface area (Å²) in [6.07, 6.45) is 3.24. The van der Waals surface area contributed by atoms with Crippen molar-refractivity contribution >= 4 is 5.91 Å². The highest BCUT2D eigenvalue weighted by atomic mass is 16.5. The lowest BCUT2D eigenvalue weighted by Gasteiger charge is -2.13. The van der Waals surface area contributed by atoms with Gasteiger partial charge in [0.2, 0.25) is 0 Å². The largest absolute Gasteiger partial charge is 0.492 e. The smallest absolute Gasteiger partial charge is 0.255 e. The summed E-state index contributed by atoms with van der Waals surface area (Å²) in [6, 6.07) is 6.21. The summed E-state index contributed by atoms with van der Waals surface area (Å²) in [6.45, 7) is 2.44. The molecule has 1 aromatic rings. The molecule has 0 spiro atoms. The van der Waals surface area contributed by atoms with Gasteiger partial charge in [-0.05, 0) is 31.0 Å². The molecular weight excluding hydrogens is 228 g/mol. The molecule has 1 amide bonds. The van der Waals surface area contributed by atoms with E-state index < -0.39 is 0 Å². The molecule has 2 aliphatic rings. The third-order valence-corrected chi connectivity index (χ3v) is 3.63. The number of amides is 1. The predicted octanol–water partition coefficient (Wildman–Crippen LogP) is 1.10. The quantitative estimate of drug-likeness (QED) is 0.840. The minimum atomic E-state index is -0.0255. The summed E-state index contributed by atoms with van der Waals surface area (Å²) in [5.74, 6) is 0.747. The molecule has 4 nitrogen and oxygen atoms in total. The number of nitrogens with one attached hydrogen (secondary N) is 2. The molecule has 3 rings (SSSR count). The highest BCUT2D eigenvalue weighted by molar-refractivity contribution is 5.97. The number of carbonyl (C=O) groups excluding carboxylic acids is 1. The van der Waals surface area contributed by atoms with Crippen molar-refractivity contribution in [3.05, 3.63) is 29.3 Å². The van der Waals surface area contributed by atoms with Crippen molar-refractivity contribution in [1.82, 2.24) is 10.6 Å². The first-order valence-corrected chi connectivity index (χ1v) is 6.61. The van der Waals surface area contributed by atoms with Gasteiger partial charge >= 0.3 is 0 Å². The summed E-state index contributed by atoms with van der Waals surface area (Å²) in [5, 5.41) is 6.36. The van der Waals surface area contributed by atoms with E-state index >= 15 is 0 Å². The van der Waals surface area contributed by atoms with Gasteiger partial charge in [-0.1, -0.05) is 12.1 Å². The van der Waals surface area contributed by atoms with E-state index in [2.05, 4.69) is 10.6 Å². The Hall–Kier alpha value is -1.55. The zero-order chi connectivity index (χ0) is 12.4. The lowest BCUT2D eigenvalue weighted by Crippen LogP contribution is -2.37. The molecule has 1 atom stereocenters. The Morgan fingerprint density at radius 2 is 2.44 bits per heavy atom. The molecule has 0 bridgehead atoms. The van der Waals surface area contributed by atoms with Crippen LogP contribution in [0.3, 0.4) is 0 Å². The molecule has 0 aliphatic carbocycles. The molecule has 4 heteroatoms. The van der Waals surface area contributed by atoms with Crippen LogP contribution in [0, 0.1) is 0 Å². The van der Waals surface area contributed by atoms with Gasteiger partial charge < -0.3 is 15.4 Å². The van der Waals surface area contributed by atoms with Crippen molar-refractivity contribution in [2.24, 2.45) is 0 Å². The molecule has 0 aromatic heterocycles. The summed E-state index contributed by atoms with van der Waals surface area (Å²) in [4.78, 5) is 12.1. The summed E-state index contributed by atoms with van der Waals surface area (Å²) >= 11 is 0. The number of carbonyl (C=O) groups is 1. The van der Waals surface area contributed by atoms with Crippen LogP contribution < -0.4 is 15.4 Å². The van der Waals surface area contributed by atoms with Crippen LogP contribution in [0.2, 0.25) is 0 Å². The van der Waals surface area contributed by atoms with E-state index in [9.17, 15) is 4.79 Å². The number of rotatable bonds is 3. The molecule has 0 saturated carbocycles. The maximum atomic E-state index is 12.1. The second-order valence-corrected chi connectivity index (χ2v) is 4.90. The van der Waals surface area contributed by atoms with Gasteiger partial charge in [-0.15, -0.1) is 0 Å². The van der Waals surface area contributed by atoms with E-state index in [-0.39, 0.29) is 5.91 Å². The molecule has 1 aromatic carbocycles. The number of ether oxygens (including phenoxy) is 1. The zero-order valence-electron chi connectivity index (χ0n) is 10.4. The first kappa shape index (κ1) is 11.5. The minimum absolute atomic E-state index is 0.0255.